The van der Waals surface area contributed by atoms with Gasteiger partial charge in [0.25, 0.3) is 11.8 Å². The predicted molar refractivity (Wildman–Crippen MR) is 131 cm³/mol. The summed E-state index contributed by atoms with van der Waals surface area (Å²) in [5.41, 5.74) is 2.15. The van der Waals surface area contributed by atoms with Crippen LogP contribution in [0.25, 0.3) is 22.2 Å². The van der Waals surface area contributed by atoms with Crippen molar-refractivity contribution in [3.63, 3.8) is 0 Å². The molecule has 0 unspecified atom stereocenters. The van der Waals surface area contributed by atoms with E-state index >= 15 is 0 Å². The third-order valence-corrected chi connectivity index (χ3v) is 6.82. The number of carbonyl (C=O) groups is 2. The first-order valence-corrected chi connectivity index (χ1v) is 11.9. The zero-order chi connectivity index (χ0) is 23.8. The van der Waals surface area contributed by atoms with Crippen LogP contribution in [0.2, 0.25) is 0 Å². The maximum absolute atomic E-state index is 13.1. The minimum absolute atomic E-state index is 0.205. The van der Waals surface area contributed by atoms with E-state index in [0.717, 1.165) is 42.5 Å². The van der Waals surface area contributed by atoms with E-state index in [1.165, 1.54) is 4.90 Å². The number of nitrogens with zero attached hydrogens (tertiary/aromatic N) is 5. The van der Waals surface area contributed by atoms with Crippen molar-refractivity contribution in [2.45, 2.75) is 6.54 Å². The fraction of sp³-hybridized carbons (Fsp3) is 0.259. The van der Waals surface area contributed by atoms with Crippen molar-refractivity contribution in [2.75, 3.05) is 39.3 Å². The first kappa shape index (κ1) is 21.6. The van der Waals surface area contributed by atoms with Crippen molar-refractivity contribution in [3.8, 4) is 11.4 Å². The second-order valence-corrected chi connectivity index (χ2v) is 8.97. The lowest BCUT2D eigenvalue weighted by molar-refractivity contribution is 0.0566. The van der Waals surface area contributed by atoms with Gasteiger partial charge in [0.05, 0.1) is 6.54 Å². The molecule has 2 amide bonds. The van der Waals surface area contributed by atoms with Crippen LogP contribution in [0.3, 0.4) is 0 Å². The van der Waals surface area contributed by atoms with E-state index in [1.807, 2.05) is 66.7 Å². The summed E-state index contributed by atoms with van der Waals surface area (Å²) in [5, 5.41) is 5.80. The van der Waals surface area contributed by atoms with Gasteiger partial charge < -0.3 is 4.52 Å². The Hall–Kier alpha value is -3.88. The highest BCUT2D eigenvalue weighted by molar-refractivity contribution is 6.25. The Morgan fingerprint density at radius 2 is 1.40 bits per heavy atom. The molecule has 8 heteroatoms. The van der Waals surface area contributed by atoms with Gasteiger partial charge in [-0.05, 0) is 17.5 Å². The second kappa shape index (κ2) is 9.05. The first-order chi connectivity index (χ1) is 17.2. The molecule has 2 aliphatic rings. The fourth-order valence-electron chi connectivity index (χ4n) is 4.91. The standard InChI is InChI=1S/C27H25N5O3/c33-26-21-10-4-8-19-9-5-11-22(24(19)21)27(34)32(26)17-16-30-12-14-31(15-13-30)18-23-28-25(29-35-23)20-6-2-1-3-7-20/h1-11H,12-18H2. The van der Waals surface area contributed by atoms with Crippen LogP contribution >= 0.6 is 0 Å². The molecule has 4 aromatic rings. The van der Waals surface area contributed by atoms with Crippen molar-refractivity contribution < 1.29 is 14.1 Å². The lowest BCUT2D eigenvalue weighted by Crippen LogP contribution is -2.50. The zero-order valence-electron chi connectivity index (χ0n) is 19.3. The monoisotopic (exact) mass is 467 g/mol. The van der Waals surface area contributed by atoms with Gasteiger partial charge in [0, 0.05) is 61.3 Å². The Balaban J connectivity index is 1.04. The van der Waals surface area contributed by atoms with Crippen molar-refractivity contribution >= 4 is 22.6 Å². The van der Waals surface area contributed by atoms with Gasteiger partial charge in [0.1, 0.15) is 0 Å². The molecule has 3 aromatic carbocycles. The Kier molecular flexibility index (Phi) is 5.60. The van der Waals surface area contributed by atoms with Gasteiger partial charge in [0.2, 0.25) is 11.7 Å². The number of hydrogen-bond acceptors (Lipinski definition) is 7. The van der Waals surface area contributed by atoms with Crippen LogP contribution in [0.5, 0.6) is 0 Å². The summed E-state index contributed by atoms with van der Waals surface area (Å²) in [6, 6.07) is 21.0. The van der Waals surface area contributed by atoms with Gasteiger partial charge in [0.15, 0.2) is 0 Å². The number of imide groups is 1. The van der Waals surface area contributed by atoms with Gasteiger partial charge in [-0.1, -0.05) is 59.8 Å². The number of amides is 2. The molecular weight excluding hydrogens is 442 g/mol. The molecule has 6 rings (SSSR count). The maximum Gasteiger partial charge on any atom is 0.261 e. The molecule has 0 aliphatic carbocycles. The van der Waals surface area contributed by atoms with Crippen LogP contribution in [-0.2, 0) is 6.54 Å². The molecule has 35 heavy (non-hydrogen) atoms. The molecule has 8 nitrogen and oxygen atoms in total. The van der Waals surface area contributed by atoms with Crippen molar-refractivity contribution in [1.82, 2.24) is 24.8 Å². The normalized spacial score (nSPS) is 16.9. The van der Waals surface area contributed by atoms with E-state index in [9.17, 15) is 9.59 Å². The third kappa shape index (κ3) is 4.11. The molecule has 0 spiro atoms. The minimum atomic E-state index is -0.205. The summed E-state index contributed by atoms with van der Waals surface area (Å²) in [4.78, 5) is 36.7. The SMILES string of the molecule is O=C1c2cccc3cccc(c23)C(=O)N1CCN1CCN(Cc2nc(-c3ccccc3)no2)CC1. The molecule has 2 aliphatic heterocycles. The van der Waals surface area contributed by atoms with Crippen LogP contribution in [0.1, 0.15) is 26.6 Å². The lowest BCUT2D eigenvalue weighted by atomic mass is 9.94. The molecule has 0 bridgehead atoms. The van der Waals surface area contributed by atoms with E-state index in [2.05, 4.69) is 19.9 Å². The molecule has 3 heterocycles. The van der Waals surface area contributed by atoms with Crippen molar-refractivity contribution in [1.29, 1.82) is 0 Å². The molecule has 0 radical (unpaired) electrons. The summed E-state index contributed by atoms with van der Waals surface area (Å²) in [7, 11) is 0. The number of benzene rings is 3. The number of piperazine rings is 1. The van der Waals surface area contributed by atoms with Gasteiger partial charge >= 0.3 is 0 Å². The predicted octanol–water partition coefficient (Wildman–Crippen LogP) is 3.30. The van der Waals surface area contributed by atoms with E-state index in [-0.39, 0.29) is 11.8 Å². The number of hydrogen-bond donors (Lipinski definition) is 0. The zero-order valence-corrected chi connectivity index (χ0v) is 19.3. The average Bonchev–Trinajstić information content (AvgIpc) is 3.37. The highest BCUT2D eigenvalue weighted by Crippen LogP contribution is 2.29. The van der Waals surface area contributed by atoms with E-state index < -0.39 is 0 Å². The van der Waals surface area contributed by atoms with Crippen LogP contribution in [-0.4, -0.2) is 75.9 Å². The van der Waals surface area contributed by atoms with Crippen molar-refractivity contribution in [2.24, 2.45) is 0 Å². The molecule has 0 saturated carbocycles. The number of carbonyl (C=O) groups excluding carboxylic acids is 2. The molecule has 0 atom stereocenters. The van der Waals surface area contributed by atoms with Crippen LogP contribution < -0.4 is 0 Å². The third-order valence-electron chi connectivity index (χ3n) is 6.82. The van der Waals surface area contributed by atoms with Crippen molar-refractivity contribution in [3.05, 3.63) is 83.7 Å². The summed E-state index contributed by atoms with van der Waals surface area (Å²) < 4.78 is 5.45. The molecule has 1 saturated heterocycles. The highest BCUT2D eigenvalue weighted by Gasteiger charge is 2.33. The minimum Gasteiger partial charge on any atom is -0.338 e. The van der Waals surface area contributed by atoms with Gasteiger partial charge in [-0.15, -0.1) is 0 Å². The summed E-state index contributed by atoms with van der Waals surface area (Å²) >= 11 is 0. The maximum atomic E-state index is 13.1. The molecular formula is C27H25N5O3. The van der Waals surface area contributed by atoms with E-state index in [0.29, 0.717) is 42.5 Å². The largest absolute Gasteiger partial charge is 0.338 e. The Morgan fingerprint density at radius 1 is 0.743 bits per heavy atom. The average molecular weight is 468 g/mol. The van der Waals surface area contributed by atoms with Gasteiger partial charge in [-0.25, -0.2) is 0 Å². The van der Waals surface area contributed by atoms with E-state index in [4.69, 9.17) is 4.52 Å². The molecule has 1 aromatic heterocycles. The highest BCUT2D eigenvalue weighted by atomic mass is 16.5. The fourth-order valence-corrected chi connectivity index (χ4v) is 4.91. The van der Waals surface area contributed by atoms with Crippen LogP contribution in [0.15, 0.2) is 71.3 Å². The van der Waals surface area contributed by atoms with Gasteiger partial charge in [-0.3, -0.25) is 24.3 Å². The Bertz CT molecular complexity index is 1340. The smallest absolute Gasteiger partial charge is 0.261 e. The summed E-state index contributed by atoms with van der Waals surface area (Å²) in [5.74, 6) is 0.800. The number of rotatable bonds is 6. The second-order valence-electron chi connectivity index (χ2n) is 8.97. The summed E-state index contributed by atoms with van der Waals surface area (Å²) in [6.45, 7) is 5.05. The Labute approximate surface area is 202 Å². The van der Waals surface area contributed by atoms with E-state index in [1.54, 1.807) is 0 Å². The summed E-state index contributed by atoms with van der Waals surface area (Å²) in [6.07, 6.45) is 0. The van der Waals surface area contributed by atoms with Crippen LogP contribution in [0.4, 0.5) is 0 Å². The topological polar surface area (TPSA) is 82.8 Å². The molecule has 1 fully saturated rings. The number of aromatic nitrogens is 2. The quantitative estimate of drug-likeness (QED) is 0.403. The molecule has 176 valence electrons. The first-order valence-electron chi connectivity index (χ1n) is 11.9. The Morgan fingerprint density at radius 3 is 2.09 bits per heavy atom. The lowest BCUT2D eigenvalue weighted by Gasteiger charge is -2.35. The van der Waals surface area contributed by atoms with Gasteiger partial charge in [-0.2, -0.15) is 4.98 Å². The van der Waals surface area contributed by atoms with Crippen LogP contribution in [0, 0.1) is 0 Å². The molecule has 0 N–H and O–H groups in total.